The first-order valence-corrected chi connectivity index (χ1v) is 9.23. The fourth-order valence-electron chi connectivity index (χ4n) is 4.56. The lowest BCUT2D eigenvalue weighted by atomic mass is 9.52. The quantitative estimate of drug-likeness (QED) is 0.793. The summed E-state index contributed by atoms with van der Waals surface area (Å²) in [6.45, 7) is 0. The normalized spacial score (nSPS) is 28.2. The van der Waals surface area contributed by atoms with Gasteiger partial charge in [-0.2, -0.15) is 0 Å². The van der Waals surface area contributed by atoms with Gasteiger partial charge in [0.05, 0.1) is 16.5 Å². The van der Waals surface area contributed by atoms with Crippen LogP contribution in [0.1, 0.15) is 54.6 Å². The predicted molar refractivity (Wildman–Crippen MR) is 95.9 cm³/mol. The van der Waals surface area contributed by atoms with E-state index in [1.165, 1.54) is 0 Å². The third kappa shape index (κ3) is 2.38. The van der Waals surface area contributed by atoms with Gasteiger partial charge >= 0.3 is 11.9 Å². The SMILES string of the molecule is O=C(O)c1ccc(Br)c2nc(C34CCC(C(=O)O)(CC3)CC4)ccc12. The van der Waals surface area contributed by atoms with Crippen LogP contribution in [0.5, 0.6) is 0 Å². The van der Waals surface area contributed by atoms with Crippen molar-refractivity contribution in [2.45, 2.75) is 43.9 Å². The number of carboxylic acid groups (broad SMARTS) is 2. The maximum Gasteiger partial charge on any atom is 0.336 e. The van der Waals surface area contributed by atoms with Crippen LogP contribution in [0.25, 0.3) is 10.9 Å². The molecule has 5 nitrogen and oxygen atoms in total. The minimum atomic E-state index is -0.966. The van der Waals surface area contributed by atoms with E-state index >= 15 is 0 Å². The van der Waals surface area contributed by atoms with Crippen LogP contribution in [0.4, 0.5) is 0 Å². The van der Waals surface area contributed by atoms with Crippen molar-refractivity contribution in [3.63, 3.8) is 0 Å². The summed E-state index contributed by atoms with van der Waals surface area (Å²) in [5, 5.41) is 19.5. The van der Waals surface area contributed by atoms with E-state index < -0.39 is 17.4 Å². The van der Waals surface area contributed by atoms with Crippen molar-refractivity contribution in [3.05, 3.63) is 40.0 Å². The fourth-order valence-corrected chi connectivity index (χ4v) is 4.99. The fraction of sp³-hybridized carbons (Fsp3) is 0.421. The third-order valence-electron chi connectivity index (χ3n) is 6.28. The largest absolute Gasteiger partial charge is 0.481 e. The van der Waals surface area contributed by atoms with Crippen LogP contribution in [0.15, 0.2) is 28.7 Å². The van der Waals surface area contributed by atoms with Crippen molar-refractivity contribution >= 4 is 38.8 Å². The Morgan fingerprint density at radius 2 is 1.60 bits per heavy atom. The number of hydrogen-bond acceptors (Lipinski definition) is 3. The summed E-state index contributed by atoms with van der Waals surface area (Å²) in [7, 11) is 0. The number of aromatic carboxylic acids is 1. The van der Waals surface area contributed by atoms with Crippen LogP contribution in [0.2, 0.25) is 0 Å². The van der Waals surface area contributed by atoms with E-state index in [2.05, 4.69) is 15.9 Å². The highest BCUT2D eigenvalue weighted by Crippen LogP contribution is 2.57. The van der Waals surface area contributed by atoms with Crippen molar-refractivity contribution in [2.24, 2.45) is 5.41 Å². The van der Waals surface area contributed by atoms with Gasteiger partial charge < -0.3 is 10.2 Å². The molecule has 0 saturated heterocycles. The molecular weight excluding hydrogens is 386 g/mol. The van der Waals surface area contributed by atoms with Gasteiger partial charge in [-0.3, -0.25) is 9.78 Å². The monoisotopic (exact) mass is 403 g/mol. The van der Waals surface area contributed by atoms with E-state index in [0.29, 0.717) is 30.2 Å². The highest BCUT2D eigenvalue weighted by Gasteiger charge is 2.53. The average molecular weight is 404 g/mol. The molecule has 5 rings (SSSR count). The first-order valence-electron chi connectivity index (χ1n) is 8.43. The van der Waals surface area contributed by atoms with Gasteiger partial charge in [0.25, 0.3) is 0 Å². The molecule has 1 aromatic heterocycles. The van der Waals surface area contributed by atoms with Crippen molar-refractivity contribution < 1.29 is 19.8 Å². The summed E-state index contributed by atoms with van der Waals surface area (Å²) in [5.41, 5.74) is 1.24. The number of aromatic nitrogens is 1. The molecule has 0 radical (unpaired) electrons. The van der Waals surface area contributed by atoms with E-state index in [4.69, 9.17) is 4.98 Å². The van der Waals surface area contributed by atoms with Gasteiger partial charge in [-0.25, -0.2) is 4.79 Å². The minimum Gasteiger partial charge on any atom is -0.481 e. The highest BCUT2D eigenvalue weighted by atomic mass is 79.9. The Hall–Kier alpha value is -1.95. The maximum atomic E-state index is 11.6. The molecule has 6 heteroatoms. The summed E-state index contributed by atoms with van der Waals surface area (Å²) >= 11 is 3.48. The molecule has 1 aromatic carbocycles. The molecule has 0 aliphatic heterocycles. The van der Waals surface area contributed by atoms with Gasteiger partial charge in [0.1, 0.15) is 0 Å². The van der Waals surface area contributed by atoms with E-state index in [-0.39, 0.29) is 11.0 Å². The van der Waals surface area contributed by atoms with Crippen LogP contribution < -0.4 is 0 Å². The van der Waals surface area contributed by atoms with Crippen LogP contribution in [0, 0.1) is 5.41 Å². The molecule has 0 spiro atoms. The lowest BCUT2D eigenvalue weighted by Gasteiger charge is -2.51. The second-order valence-electron chi connectivity index (χ2n) is 7.36. The zero-order valence-electron chi connectivity index (χ0n) is 13.6. The van der Waals surface area contributed by atoms with E-state index in [1.807, 2.05) is 12.1 Å². The smallest absolute Gasteiger partial charge is 0.336 e. The average Bonchev–Trinajstić information content (AvgIpc) is 2.63. The van der Waals surface area contributed by atoms with Crippen LogP contribution in [0.3, 0.4) is 0 Å². The van der Waals surface area contributed by atoms with Crippen molar-refractivity contribution in [2.75, 3.05) is 0 Å². The van der Waals surface area contributed by atoms with Crippen molar-refractivity contribution in [1.82, 2.24) is 4.98 Å². The lowest BCUT2D eigenvalue weighted by Crippen LogP contribution is -2.48. The van der Waals surface area contributed by atoms with Gasteiger partial charge in [0.2, 0.25) is 0 Å². The lowest BCUT2D eigenvalue weighted by molar-refractivity contribution is -0.156. The number of nitrogens with zero attached hydrogens (tertiary/aromatic N) is 1. The Morgan fingerprint density at radius 1 is 0.960 bits per heavy atom. The Labute approximate surface area is 153 Å². The molecule has 1 heterocycles. The molecule has 3 aliphatic carbocycles. The second-order valence-corrected chi connectivity index (χ2v) is 8.21. The minimum absolute atomic E-state index is 0.0793. The van der Waals surface area contributed by atoms with Gasteiger partial charge in [-0.1, -0.05) is 6.07 Å². The zero-order valence-corrected chi connectivity index (χ0v) is 15.2. The van der Waals surface area contributed by atoms with Crippen molar-refractivity contribution in [1.29, 1.82) is 0 Å². The second kappa shape index (κ2) is 5.53. The standard InChI is InChI=1S/C19H18BrNO4/c20-13-3-1-12(16(22)23)11-2-4-14(21-15(11)13)18-5-8-19(9-6-18,10-7-18)17(24)25/h1-4H,5-10H2,(H,22,23)(H,24,25). The van der Waals surface area contributed by atoms with Gasteiger partial charge in [-0.05, 0) is 72.7 Å². The van der Waals surface area contributed by atoms with Gasteiger partial charge in [0.15, 0.2) is 0 Å². The summed E-state index contributed by atoms with van der Waals surface area (Å²) in [6.07, 6.45) is 4.56. The van der Waals surface area contributed by atoms with E-state index in [9.17, 15) is 19.8 Å². The number of rotatable bonds is 3. The van der Waals surface area contributed by atoms with Gasteiger partial charge in [0, 0.05) is 21.0 Å². The third-order valence-corrected chi connectivity index (χ3v) is 6.92. The first-order chi connectivity index (χ1) is 11.9. The Morgan fingerprint density at radius 3 is 2.16 bits per heavy atom. The van der Waals surface area contributed by atoms with Gasteiger partial charge in [-0.15, -0.1) is 0 Å². The number of fused-ring (bicyclic) bond motifs is 4. The first kappa shape index (κ1) is 16.5. The number of hydrogen-bond donors (Lipinski definition) is 2. The summed E-state index contributed by atoms with van der Waals surface area (Å²) < 4.78 is 0.775. The molecule has 2 aromatic rings. The molecule has 2 bridgehead atoms. The number of pyridine rings is 1. The van der Waals surface area contributed by atoms with Crippen LogP contribution in [-0.4, -0.2) is 27.1 Å². The van der Waals surface area contributed by atoms with E-state index in [0.717, 1.165) is 29.4 Å². The molecule has 3 aliphatic rings. The molecule has 3 fully saturated rings. The summed E-state index contributed by atoms with van der Waals surface area (Å²) in [4.78, 5) is 27.9. The molecule has 0 unspecified atom stereocenters. The molecule has 0 atom stereocenters. The Balaban J connectivity index is 1.78. The molecule has 25 heavy (non-hydrogen) atoms. The summed E-state index contributed by atoms with van der Waals surface area (Å²) in [5.74, 6) is -1.63. The summed E-state index contributed by atoms with van der Waals surface area (Å²) in [6, 6.07) is 7.07. The Kier molecular flexibility index (Phi) is 3.65. The zero-order chi connectivity index (χ0) is 17.8. The van der Waals surface area contributed by atoms with Crippen LogP contribution in [-0.2, 0) is 10.2 Å². The highest BCUT2D eigenvalue weighted by molar-refractivity contribution is 9.10. The molecule has 130 valence electrons. The van der Waals surface area contributed by atoms with Crippen LogP contribution >= 0.6 is 15.9 Å². The Bertz CT molecular complexity index is 883. The number of halogens is 1. The van der Waals surface area contributed by atoms with Crippen molar-refractivity contribution in [3.8, 4) is 0 Å². The number of benzene rings is 1. The molecule has 3 saturated carbocycles. The molecular formula is C19H18BrNO4. The topological polar surface area (TPSA) is 87.5 Å². The molecule has 2 N–H and O–H groups in total. The maximum absolute atomic E-state index is 11.6. The molecule has 0 amide bonds. The predicted octanol–water partition coefficient (Wildman–Crippen LogP) is 4.37. The number of carboxylic acids is 2. The number of carbonyl (C=O) groups is 2. The van der Waals surface area contributed by atoms with E-state index in [1.54, 1.807) is 12.1 Å². The number of aliphatic carboxylic acids is 1.